The maximum absolute atomic E-state index is 13.6. The second kappa shape index (κ2) is 8.89. The maximum atomic E-state index is 13.6. The van der Waals surface area contributed by atoms with Crippen LogP contribution in [0.3, 0.4) is 0 Å². The van der Waals surface area contributed by atoms with Gasteiger partial charge in [0, 0.05) is 10.7 Å². The molecule has 0 saturated carbocycles. The molecule has 1 heterocycles. The molecule has 4 rings (SSSR count). The van der Waals surface area contributed by atoms with Gasteiger partial charge in [-0.1, -0.05) is 42.8 Å². The molecule has 6 heteroatoms. The first kappa shape index (κ1) is 21.7. The van der Waals surface area contributed by atoms with Crippen LogP contribution in [0.15, 0.2) is 72.4 Å². The summed E-state index contributed by atoms with van der Waals surface area (Å²) in [6.45, 7) is 3.90. The largest absolute Gasteiger partial charge is 0.497 e. The van der Waals surface area contributed by atoms with E-state index in [2.05, 4.69) is 12.2 Å². The fraction of sp³-hybridized carbons (Fsp3) is 0.154. The van der Waals surface area contributed by atoms with E-state index >= 15 is 0 Å². The SMILES string of the molecule is CCc1ccc(NC2=C(c3ccc(OC)cc3)C(=O)N(c3ccc(Cl)cc3C)C2=O)cc1. The van der Waals surface area contributed by atoms with Crippen LogP contribution in [-0.2, 0) is 16.0 Å². The highest BCUT2D eigenvalue weighted by Crippen LogP contribution is 2.36. The first-order valence-corrected chi connectivity index (χ1v) is 10.7. The van der Waals surface area contributed by atoms with E-state index in [0.29, 0.717) is 27.6 Å². The number of rotatable bonds is 6. The normalized spacial score (nSPS) is 13.7. The van der Waals surface area contributed by atoms with Crippen molar-refractivity contribution in [2.75, 3.05) is 17.3 Å². The Balaban J connectivity index is 1.80. The Kier molecular flexibility index (Phi) is 6.01. The van der Waals surface area contributed by atoms with Gasteiger partial charge in [-0.25, -0.2) is 4.90 Å². The number of nitrogens with zero attached hydrogens (tertiary/aromatic N) is 1. The minimum absolute atomic E-state index is 0.235. The maximum Gasteiger partial charge on any atom is 0.282 e. The summed E-state index contributed by atoms with van der Waals surface area (Å²) in [6.07, 6.45) is 0.918. The zero-order valence-corrected chi connectivity index (χ0v) is 18.9. The monoisotopic (exact) mass is 446 g/mol. The van der Waals surface area contributed by atoms with Gasteiger partial charge in [0.15, 0.2) is 0 Å². The summed E-state index contributed by atoms with van der Waals surface area (Å²) >= 11 is 6.09. The molecule has 0 spiro atoms. The zero-order chi connectivity index (χ0) is 22.8. The first-order chi connectivity index (χ1) is 15.4. The smallest absolute Gasteiger partial charge is 0.282 e. The number of aryl methyl sites for hydroxylation is 2. The molecule has 0 aliphatic carbocycles. The lowest BCUT2D eigenvalue weighted by molar-refractivity contribution is -0.120. The van der Waals surface area contributed by atoms with Crippen molar-refractivity contribution in [1.29, 1.82) is 0 Å². The molecule has 0 fully saturated rings. The third kappa shape index (κ3) is 3.99. The summed E-state index contributed by atoms with van der Waals surface area (Å²) in [6, 6.07) is 20.0. The Hall–Kier alpha value is -3.57. The van der Waals surface area contributed by atoms with Gasteiger partial charge in [0.05, 0.1) is 18.4 Å². The lowest BCUT2D eigenvalue weighted by atomic mass is 10.0. The number of nitrogens with one attached hydrogen (secondary N) is 1. The van der Waals surface area contributed by atoms with Crippen LogP contribution in [0.5, 0.6) is 5.75 Å². The summed E-state index contributed by atoms with van der Waals surface area (Å²) in [4.78, 5) is 28.3. The van der Waals surface area contributed by atoms with Crippen molar-refractivity contribution in [3.63, 3.8) is 0 Å². The highest BCUT2D eigenvalue weighted by Gasteiger charge is 2.40. The Labute approximate surface area is 192 Å². The van der Waals surface area contributed by atoms with Crippen LogP contribution in [0.2, 0.25) is 5.02 Å². The van der Waals surface area contributed by atoms with E-state index in [1.54, 1.807) is 49.6 Å². The average Bonchev–Trinajstić information content (AvgIpc) is 3.04. The molecule has 0 saturated heterocycles. The molecule has 1 aliphatic rings. The number of amides is 2. The van der Waals surface area contributed by atoms with Gasteiger partial charge in [0.2, 0.25) is 0 Å². The predicted octanol–water partition coefficient (Wildman–Crippen LogP) is 5.62. The van der Waals surface area contributed by atoms with Crippen LogP contribution in [0.4, 0.5) is 11.4 Å². The van der Waals surface area contributed by atoms with Gasteiger partial charge in [-0.05, 0) is 72.5 Å². The molecular weight excluding hydrogens is 424 g/mol. The Morgan fingerprint density at radius 1 is 0.938 bits per heavy atom. The highest BCUT2D eigenvalue weighted by molar-refractivity contribution is 6.46. The minimum Gasteiger partial charge on any atom is -0.497 e. The molecule has 0 unspecified atom stereocenters. The molecule has 32 heavy (non-hydrogen) atoms. The first-order valence-electron chi connectivity index (χ1n) is 10.3. The van der Waals surface area contributed by atoms with Crippen LogP contribution < -0.4 is 15.0 Å². The molecule has 0 bridgehead atoms. The highest BCUT2D eigenvalue weighted by atomic mass is 35.5. The van der Waals surface area contributed by atoms with Gasteiger partial charge in [-0.2, -0.15) is 0 Å². The number of ether oxygens (including phenoxy) is 1. The van der Waals surface area contributed by atoms with E-state index in [1.165, 1.54) is 10.5 Å². The molecule has 1 aliphatic heterocycles. The number of carbonyl (C=O) groups excluding carboxylic acids is 2. The molecule has 2 amide bonds. The Morgan fingerprint density at radius 2 is 1.62 bits per heavy atom. The second-order valence-electron chi connectivity index (χ2n) is 7.53. The van der Waals surface area contributed by atoms with Crippen LogP contribution in [0.25, 0.3) is 5.57 Å². The van der Waals surface area contributed by atoms with Crippen molar-refractivity contribution in [2.24, 2.45) is 0 Å². The third-order valence-electron chi connectivity index (χ3n) is 5.49. The summed E-state index contributed by atoms with van der Waals surface area (Å²) in [5, 5.41) is 3.73. The van der Waals surface area contributed by atoms with E-state index < -0.39 is 11.8 Å². The van der Waals surface area contributed by atoms with Crippen molar-refractivity contribution in [3.05, 3.63) is 94.1 Å². The summed E-state index contributed by atoms with van der Waals surface area (Å²) in [7, 11) is 1.58. The number of hydrogen-bond acceptors (Lipinski definition) is 4. The molecule has 1 N–H and O–H groups in total. The fourth-order valence-corrected chi connectivity index (χ4v) is 3.95. The van der Waals surface area contributed by atoms with Crippen LogP contribution in [0, 0.1) is 6.92 Å². The van der Waals surface area contributed by atoms with Gasteiger partial charge in [-0.3, -0.25) is 9.59 Å². The van der Waals surface area contributed by atoms with E-state index in [4.69, 9.17) is 16.3 Å². The zero-order valence-electron chi connectivity index (χ0n) is 18.1. The number of methoxy groups -OCH3 is 1. The van der Waals surface area contributed by atoms with Crippen molar-refractivity contribution in [2.45, 2.75) is 20.3 Å². The third-order valence-corrected chi connectivity index (χ3v) is 5.73. The standard InChI is InChI=1S/C26H23ClN2O3/c1-4-17-5-10-20(11-6-17)28-24-23(18-7-12-21(32-3)13-8-18)25(30)29(26(24)31)22-14-9-19(27)15-16(22)2/h5-15,28H,4H2,1-3H3. The van der Waals surface area contributed by atoms with Gasteiger partial charge in [0.25, 0.3) is 11.8 Å². The topological polar surface area (TPSA) is 58.6 Å². The lowest BCUT2D eigenvalue weighted by Crippen LogP contribution is -2.33. The molecule has 0 radical (unpaired) electrons. The molecule has 3 aromatic carbocycles. The summed E-state index contributed by atoms with van der Waals surface area (Å²) < 4.78 is 5.23. The van der Waals surface area contributed by atoms with Crippen molar-refractivity contribution >= 4 is 40.4 Å². The van der Waals surface area contributed by atoms with E-state index in [1.807, 2.05) is 31.2 Å². The molecule has 3 aromatic rings. The summed E-state index contributed by atoms with van der Waals surface area (Å²) in [5.41, 5.74) is 4.35. The molecule has 0 atom stereocenters. The molecule has 0 aromatic heterocycles. The predicted molar refractivity (Wildman–Crippen MR) is 128 cm³/mol. The minimum atomic E-state index is -0.411. The second-order valence-corrected chi connectivity index (χ2v) is 7.97. The van der Waals surface area contributed by atoms with Crippen molar-refractivity contribution in [1.82, 2.24) is 0 Å². The number of carbonyl (C=O) groups is 2. The molecule has 162 valence electrons. The van der Waals surface area contributed by atoms with Crippen molar-refractivity contribution in [3.8, 4) is 5.75 Å². The number of anilines is 2. The van der Waals surface area contributed by atoms with Gasteiger partial charge in [-0.15, -0.1) is 0 Å². The van der Waals surface area contributed by atoms with Crippen LogP contribution in [0.1, 0.15) is 23.6 Å². The quantitative estimate of drug-likeness (QED) is 0.499. The lowest BCUT2D eigenvalue weighted by Gasteiger charge is -2.18. The van der Waals surface area contributed by atoms with Crippen LogP contribution >= 0.6 is 11.6 Å². The average molecular weight is 447 g/mol. The fourth-order valence-electron chi connectivity index (χ4n) is 3.73. The Morgan fingerprint density at radius 3 is 2.22 bits per heavy atom. The van der Waals surface area contributed by atoms with E-state index in [-0.39, 0.29) is 5.70 Å². The van der Waals surface area contributed by atoms with E-state index in [0.717, 1.165) is 17.7 Å². The number of benzene rings is 3. The van der Waals surface area contributed by atoms with Crippen LogP contribution in [-0.4, -0.2) is 18.9 Å². The van der Waals surface area contributed by atoms with E-state index in [9.17, 15) is 9.59 Å². The van der Waals surface area contributed by atoms with Crippen molar-refractivity contribution < 1.29 is 14.3 Å². The number of imide groups is 1. The van der Waals surface area contributed by atoms with Gasteiger partial charge < -0.3 is 10.1 Å². The molecule has 5 nitrogen and oxygen atoms in total. The van der Waals surface area contributed by atoms with Gasteiger partial charge in [0.1, 0.15) is 11.4 Å². The van der Waals surface area contributed by atoms with Gasteiger partial charge >= 0.3 is 0 Å². The molecular formula is C26H23ClN2O3. The summed E-state index contributed by atoms with van der Waals surface area (Å²) in [5.74, 6) is -0.134. The Bertz CT molecular complexity index is 1210. The number of halogens is 1. The number of hydrogen-bond donors (Lipinski definition) is 1.